The Morgan fingerprint density at radius 1 is 0.697 bits per heavy atom. The van der Waals surface area contributed by atoms with Crippen LogP contribution in [-0.4, -0.2) is 34.1 Å². The fourth-order valence-electron chi connectivity index (χ4n) is 4.13. The highest BCUT2D eigenvalue weighted by atomic mass is 16.1. The summed E-state index contributed by atoms with van der Waals surface area (Å²) >= 11 is 0. The quantitative estimate of drug-likeness (QED) is 0.416. The molecule has 0 amide bonds. The van der Waals surface area contributed by atoms with E-state index in [4.69, 9.17) is 0 Å². The summed E-state index contributed by atoms with van der Waals surface area (Å²) < 4.78 is 5.09. The maximum atomic E-state index is 13.7. The molecular weight excluding hydrogens is 414 g/mol. The standard InChI is InChI=1S/C25H19N7O/c33-25-30(15-18-9-3-1-4-10-18)22-23(31(25)16-19-11-5-2-6-12-19)26-17-27-24(22)32-21-14-8-7-13-20(21)28-29-32/h1-14,17H,15-16H2. The van der Waals surface area contributed by atoms with Gasteiger partial charge in [-0.2, -0.15) is 4.68 Å². The molecule has 0 atom stereocenters. The molecular formula is C25H19N7O. The van der Waals surface area contributed by atoms with E-state index in [1.165, 1.54) is 6.33 Å². The Balaban J connectivity index is 1.62. The maximum Gasteiger partial charge on any atom is 0.331 e. The fourth-order valence-corrected chi connectivity index (χ4v) is 4.13. The van der Waals surface area contributed by atoms with Crippen LogP contribution in [0, 0.1) is 0 Å². The van der Waals surface area contributed by atoms with Gasteiger partial charge in [0.25, 0.3) is 0 Å². The Bertz CT molecular complexity index is 1630. The highest BCUT2D eigenvalue weighted by Crippen LogP contribution is 2.22. The summed E-state index contributed by atoms with van der Waals surface area (Å²) in [7, 11) is 0. The minimum Gasteiger partial charge on any atom is -0.283 e. The van der Waals surface area contributed by atoms with E-state index < -0.39 is 0 Å². The monoisotopic (exact) mass is 433 g/mol. The van der Waals surface area contributed by atoms with Crippen LogP contribution in [0.3, 0.4) is 0 Å². The van der Waals surface area contributed by atoms with Crippen LogP contribution in [-0.2, 0) is 13.1 Å². The topological polar surface area (TPSA) is 83.4 Å². The van der Waals surface area contributed by atoms with E-state index in [-0.39, 0.29) is 5.69 Å². The summed E-state index contributed by atoms with van der Waals surface area (Å²) in [5, 5.41) is 8.61. The lowest BCUT2D eigenvalue weighted by Gasteiger charge is -2.07. The molecule has 0 unspecified atom stereocenters. The molecule has 0 N–H and O–H groups in total. The van der Waals surface area contributed by atoms with Crippen LogP contribution < -0.4 is 5.69 Å². The molecule has 0 fully saturated rings. The zero-order valence-electron chi connectivity index (χ0n) is 17.6. The molecule has 33 heavy (non-hydrogen) atoms. The highest BCUT2D eigenvalue weighted by Gasteiger charge is 2.21. The van der Waals surface area contributed by atoms with E-state index in [9.17, 15) is 4.79 Å². The van der Waals surface area contributed by atoms with Gasteiger partial charge in [0, 0.05) is 0 Å². The number of hydrogen-bond acceptors (Lipinski definition) is 5. The van der Waals surface area contributed by atoms with Crippen LogP contribution in [0.2, 0.25) is 0 Å². The molecule has 8 nitrogen and oxygen atoms in total. The van der Waals surface area contributed by atoms with Gasteiger partial charge in [0.05, 0.1) is 18.6 Å². The number of benzene rings is 3. The first-order valence-electron chi connectivity index (χ1n) is 10.6. The van der Waals surface area contributed by atoms with Crippen LogP contribution in [0.15, 0.2) is 96.1 Å². The Hall–Kier alpha value is -4.59. The number of imidazole rings is 1. The number of fused-ring (bicyclic) bond motifs is 2. The Kier molecular flexibility index (Phi) is 4.54. The van der Waals surface area contributed by atoms with Gasteiger partial charge in [-0.25, -0.2) is 14.8 Å². The second-order valence-corrected chi connectivity index (χ2v) is 7.79. The largest absolute Gasteiger partial charge is 0.331 e. The lowest BCUT2D eigenvalue weighted by molar-refractivity contribution is 0.696. The van der Waals surface area contributed by atoms with E-state index in [1.807, 2.05) is 84.9 Å². The molecule has 8 heteroatoms. The molecule has 0 aliphatic rings. The zero-order valence-corrected chi connectivity index (χ0v) is 17.6. The minimum atomic E-state index is -0.149. The van der Waals surface area contributed by atoms with Gasteiger partial charge in [0.2, 0.25) is 0 Å². The third kappa shape index (κ3) is 3.28. The van der Waals surface area contributed by atoms with Gasteiger partial charge in [-0.1, -0.05) is 78.0 Å². The third-order valence-corrected chi connectivity index (χ3v) is 5.69. The number of rotatable bonds is 5. The van der Waals surface area contributed by atoms with Crippen LogP contribution in [0.1, 0.15) is 11.1 Å². The summed E-state index contributed by atoms with van der Waals surface area (Å²) in [6, 6.07) is 27.5. The molecule has 0 spiro atoms. The van der Waals surface area contributed by atoms with Crippen molar-refractivity contribution in [1.29, 1.82) is 0 Å². The van der Waals surface area contributed by atoms with Crippen LogP contribution >= 0.6 is 0 Å². The van der Waals surface area contributed by atoms with E-state index in [2.05, 4.69) is 20.3 Å². The van der Waals surface area contributed by atoms with Crippen molar-refractivity contribution in [2.24, 2.45) is 0 Å². The average molecular weight is 433 g/mol. The van der Waals surface area contributed by atoms with Gasteiger partial charge in [0.15, 0.2) is 11.5 Å². The average Bonchev–Trinajstić information content (AvgIpc) is 3.41. The van der Waals surface area contributed by atoms with Crippen molar-refractivity contribution < 1.29 is 0 Å². The molecule has 0 aliphatic heterocycles. The number of nitrogens with zero attached hydrogens (tertiary/aromatic N) is 7. The van der Waals surface area contributed by atoms with Crippen molar-refractivity contribution in [3.05, 3.63) is 113 Å². The van der Waals surface area contributed by atoms with Crippen LogP contribution in [0.5, 0.6) is 0 Å². The molecule has 0 aliphatic carbocycles. The summed E-state index contributed by atoms with van der Waals surface area (Å²) in [6.45, 7) is 0.803. The molecule has 3 heterocycles. The molecule has 0 saturated heterocycles. The molecule has 6 aromatic rings. The fraction of sp³-hybridized carbons (Fsp3) is 0.0800. The SMILES string of the molecule is O=c1n(Cc2ccccc2)c2ncnc(-n3nnc4ccccc43)c2n1Cc1ccccc1. The van der Waals surface area contributed by atoms with E-state index in [0.717, 1.165) is 22.2 Å². The predicted molar refractivity (Wildman–Crippen MR) is 125 cm³/mol. The van der Waals surface area contributed by atoms with E-state index >= 15 is 0 Å². The highest BCUT2D eigenvalue weighted by molar-refractivity contribution is 5.83. The van der Waals surface area contributed by atoms with Crippen molar-refractivity contribution in [2.45, 2.75) is 13.1 Å². The Morgan fingerprint density at radius 3 is 2.06 bits per heavy atom. The number of hydrogen-bond donors (Lipinski definition) is 0. The van der Waals surface area contributed by atoms with Crippen LogP contribution in [0.25, 0.3) is 28.0 Å². The second-order valence-electron chi connectivity index (χ2n) is 7.79. The van der Waals surface area contributed by atoms with Gasteiger partial charge < -0.3 is 0 Å². The van der Waals surface area contributed by atoms with Crippen molar-refractivity contribution in [2.75, 3.05) is 0 Å². The molecule has 160 valence electrons. The molecule has 3 aromatic carbocycles. The second kappa shape index (κ2) is 7.83. The Morgan fingerprint density at radius 2 is 1.33 bits per heavy atom. The summed E-state index contributed by atoms with van der Waals surface area (Å²) in [6.07, 6.45) is 1.47. The first-order valence-corrected chi connectivity index (χ1v) is 10.6. The van der Waals surface area contributed by atoms with Crippen LogP contribution in [0.4, 0.5) is 0 Å². The van der Waals surface area contributed by atoms with Crippen molar-refractivity contribution in [3.63, 3.8) is 0 Å². The van der Waals surface area contributed by atoms with Gasteiger partial charge in [0.1, 0.15) is 17.4 Å². The van der Waals surface area contributed by atoms with Crippen molar-refractivity contribution >= 4 is 22.2 Å². The van der Waals surface area contributed by atoms with E-state index in [0.29, 0.717) is 30.1 Å². The summed E-state index contributed by atoms with van der Waals surface area (Å²) in [5.74, 6) is 0.522. The summed E-state index contributed by atoms with van der Waals surface area (Å²) in [4.78, 5) is 22.8. The van der Waals surface area contributed by atoms with E-state index in [1.54, 1.807) is 13.8 Å². The summed E-state index contributed by atoms with van der Waals surface area (Å²) in [5.41, 5.74) is 4.63. The first kappa shape index (κ1) is 19.1. The zero-order chi connectivity index (χ0) is 22.2. The van der Waals surface area contributed by atoms with Gasteiger partial charge in [-0.3, -0.25) is 9.13 Å². The minimum absolute atomic E-state index is 0.149. The molecule has 0 saturated carbocycles. The number of aromatic nitrogens is 7. The van der Waals surface area contributed by atoms with Crippen molar-refractivity contribution in [1.82, 2.24) is 34.1 Å². The molecule has 3 aromatic heterocycles. The first-order chi connectivity index (χ1) is 16.3. The molecule has 0 bridgehead atoms. The normalized spacial score (nSPS) is 11.4. The molecule has 6 rings (SSSR count). The lowest BCUT2D eigenvalue weighted by Crippen LogP contribution is -2.25. The maximum absolute atomic E-state index is 13.7. The smallest absolute Gasteiger partial charge is 0.283 e. The van der Waals surface area contributed by atoms with Crippen molar-refractivity contribution in [3.8, 4) is 5.82 Å². The molecule has 0 radical (unpaired) electrons. The Labute approximate surface area is 188 Å². The van der Waals surface area contributed by atoms with Gasteiger partial charge in [-0.15, -0.1) is 5.10 Å². The number of para-hydroxylation sites is 1. The van der Waals surface area contributed by atoms with Gasteiger partial charge >= 0.3 is 5.69 Å². The predicted octanol–water partition coefficient (Wildman–Crippen LogP) is 3.42. The van der Waals surface area contributed by atoms with Gasteiger partial charge in [-0.05, 0) is 23.3 Å². The third-order valence-electron chi connectivity index (χ3n) is 5.69. The lowest BCUT2D eigenvalue weighted by atomic mass is 10.2.